The van der Waals surface area contributed by atoms with Crippen molar-refractivity contribution in [3.8, 4) is 0 Å². The Hall–Kier alpha value is -2.74. The minimum absolute atomic E-state index is 0.121. The minimum atomic E-state index is -1.22. The van der Waals surface area contributed by atoms with Crippen molar-refractivity contribution in [2.45, 2.75) is 18.8 Å². The summed E-state index contributed by atoms with van der Waals surface area (Å²) in [4.78, 5) is 19.7. The zero-order valence-electron chi connectivity index (χ0n) is 14.2. The summed E-state index contributed by atoms with van der Waals surface area (Å²) in [6.07, 6.45) is -1.79. The van der Waals surface area contributed by atoms with E-state index in [2.05, 4.69) is 15.3 Å². The lowest BCUT2D eigenvalue weighted by molar-refractivity contribution is 0.0185. The predicted octanol–water partition coefficient (Wildman–Crippen LogP) is 2.60. The fourth-order valence-corrected chi connectivity index (χ4v) is 2.72. The first kappa shape index (κ1) is 19.0. The molecule has 3 N–H and O–H groups in total. The summed E-state index contributed by atoms with van der Waals surface area (Å²) in [5.41, 5.74) is 1.85. The van der Waals surface area contributed by atoms with Crippen LogP contribution in [0.15, 0.2) is 54.9 Å². The maximum Gasteiger partial charge on any atom is 0.407 e. The molecule has 140 valence electrons. The van der Waals surface area contributed by atoms with Crippen molar-refractivity contribution in [3.05, 3.63) is 71.1 Å². The van der Waals surface area contributed by atoms with Gasteiger partial charge in [0, 0.05) is 11.9 Å². The van der Waals surface area contributed by atoms with Gasteiger partial charge in [-0.2, -0.15) is 0 Å². The van der Waals surface area contributed by atoms with Crippen molar-refractivity contribution in [2.24, 2.45) is 0 Å². The average molecular weight is 388 g/mol. The zero-order chi connectivity index (χ0) is 19.2. The van der Waals surface area contributed by atoms with E-state index in [1.54, 1.807) is 18.2 Å². The molecular weight excluding hydrogens is 370 g/mol. The number of carbonyl (C=O) groups is 1. The number of aliphatic hydroxyl groups excluding tert-OH is 2. The Labute approximate surface area is 160 Å². The molecule has 0 bridgehead atoms. The molecule has 7 nitrogen and oxygen atoms in total. The molecule has 0 spiro atoms. The number of amides is 1. The lowest BCUT2D eigenvalue weighted by Gasteiger charge is -2.19. The molecule has 0 aliphatic carbocycles. The molecule has 2 aromatic carbocycles. The number of nitrogens with one attached hydrogen (secondary N) is 1. The lowest BCUT2D eigenvalue weighted by Crippen LogP contribution is -2.35. The third-order valence-corrected chi connectivity index (χ3v) is 4.29. The molecule has 1 amide bonds. The van der Waals surface area contributed by atoms with Crippen LogP contribution in [0.5, 0.6) is 0 Å². The number of nitrogens with zero attached hydrogens (tertiary/aromatic N) is 2. The first-order valence-electron chi connectivity index (χ1n) is 8.25. The number of hydrogen-bond donors (Lipinski definition) is 3. The second-order valence-electron chi connectivity index (χ2n) is 5.90. The van der Waals surface area contributed by atoms with Gasteiger partial charge in [0.25, 0.3) is 0 Å². The Balaban J connectivity index is 1.54. The third kappa shape index (κ3) is 4.91. The molecule has 0 aliphatic heterocycles. The van der Waals surface area contributed by atoms with Gasteiger partial charge in [0.2, 0.25) is 0 Å². The van der Waals surface area contributed by atoms with E-state index in [1.165, 1.54) is 6.33 Å². The number of aromatic nitrogens is 2. The fourth-order valence-electron chi connectivity index (χ4n) is 2.52. The van der Waals surface area contributed by atoms with Gasteiger partial charge >= 0.3 is 6.09 Å². The SMILES string of the molecule is O=C(NCC(O)C(O)c1ccc2c(Cl)ncnc2c1)OCc1ccccc1. The molecule has 0 aliphatic rings. The molecule has 1 heterocycles. The van der Waals surface area contributed by atoms with Crippen LogP contribution < -0.4 is 5.32 Å². The molecule has 27 heavy (non-hydrogen) atoms. The third-order valence-electron chi connectivity index (χ3n) is 3.99. The molecule has 0 saturated heterocycles. The van der Waals surface area contributed by atoms with Crippen LogP contribution in [-0.2, 0) is 11.3 Å². The number of halogens is 1. The van der Waals surface area contributed by atoms with E-state index in [0.717, 1.165) is 5.56 Å². The molecule has 2 atom stereocenters. The number of benzene rings is 2. The van der Waals surface area contributed by atoms with Crippen LogP contribution in [-0.4, -0.2) is 38.9 Å². The number of fused-ring (bicyclic) bond motifs is 1. The Morgan fingerprint density at radius 2 is 1.93 bits per heavy atom. The quantitative estimate of drug-likeness (QED) is 0.561. The Bertz CT molecular complexity index is 923. The summed E-state index contributed by atoms with van der Waals surface area (Å²) in [5.74, 6) is 0. The van der Waals surface area contributed by atoms with Crippen molar-refractivity contribution in [2.75, 3.05) is 6.54 Å². The molecule has 0 saturated carbocycles. The fraction of sp³-hybridized carbons (Fsp3) is 0.211. The smallest absolute Gasteiger partial charge is 0.407 e. The summed E-state index contributed by atoms with van der Waals surface area (Å²) in [7, 11) is 0. The number of carbonyl (C=O) groups excluding carboxylic acids is 1. The second-order valence-corrected chi connectivity index (χ2v) is 6.25. The zero-order valence-corrected chi connectivity index (χ0v) is 15.0. The average Bonchev–Trinajstić information content (AvgIpc) is 2.70. The Morgan fingerprint density at radius 1 is 1.15 bits per heavy atom. The highest BCUT2D eigenvalue weighted by atomic mass is 35.5. The van der Waals surface area contributed by atoms with Crippen LogP contribution in [0.25, 0.3) is 10.9 Å². The van der Waals surface area contributed by atoms with Gasteiger partial charge in [-0.25, -0.2) is 14.8 Å². The summed E-state index contributed by atoms with van der Waals surface area (Å²) in [6.45, 7) is -0.0478. The molecular formula is C19H18ClN3O4. The number of ether oxygens (including phenoxy) is 1. The van der Waals surface area contributed by atoms with Crippen LogP contribution in [0.3, 0.4) is 0 Å². The molecule has 8 heteroatoms. The summed E-state index contributed by atoms with van der Waals surface area (Å²) in [6, 6.07) is 14.1. The van der Waals surface area contributed by atoms with Crippen LogP contribution in [0.2, 0.25) is 5.15 Å². The maximum absolute atomic E-state index is 11.7. The molecule has 0 fully saturated rings. The predicted molar refractivity (Wildman–Crippen MR) is 100 cm³/mol. The highest BCUT2D eigenvalue weighted by molar-refractivity contribution is 6.34. The van der Waals surface area contributed by atoms with Crippen molar-refractivity contribution in [1.29, 1.82) is 0 Å². The topological polar surface area (TPSA) is 105 Å². The number of alkyl carbamates (subject to hydrolysis) is 1. The largest absolute Gasteiger partial charge is 0.445 e. The van der Waals surface area contributed by atoms with E-state index in [9.17, 15) is 15.0 Å². The van der Waals surface area contributed by atoms with Crippen LogP contribution in [0.1, 0.15) is 17.2 Å². The molecule has 0 radical (unpaired) electrons. The molecule has 1 aromatic heterocycles. The van der Waals surface area contributed by atoms with E-state index in [0.29, 0.717) is 21.6 Å². The molecule has 3 aromatic rings. The first-order valence-corrected chi connectivity index (χ1v) is 8.63. The summed E-state index contributed by atoms with van der Waals surface area (Å²) < 4.78 is 5.06. The second kappa shape index (κ2) is 8.77. The summed E-state index contributed by atoms with van der Waals surface area (Å²) in [5, 5.41) is 23.9. The number of rotatable bonds is 6. The molecule has 2 unspecified atom stereocenters. The van der Waals surface area contributed by atoms with E-state index in [-0.39, 0.29) is 13.2 Å². The van der Waals surface area contributed by atoms with Gasteiger partial charge in [-0.05, 0) is 23.3 Å². The number of aliphatic hydroxyl groups is 2. The van der Waals surface area contributed by atoms with E-state index < -0.39 is 18.3 Å². The minimum Gasteiger partial charge on any atom is -0.445 e. The highest BCUT2D eigenvalue weighted by Crippen LogP contribution is 2.24. The van der Waals surface area contributed by atoms with Gasteiger partial charge in [-0.1, -0.05) is 48.0 Å². The van der Waals surface area contributed by atoms with E-state index in [4.69, 9.17) is 16.3 Å². The van der Waals surface area contributed by atoms with Crippen molar-refractivity contribution in [1.82, 2.24) is 15.3 Å². The highest BCUT2D eigenvalue weighted by Gasteiger charge is 2.20. The Morgan fingerprint density at radius 3 is 2.70 bits per heavy atom. The van der Waals surface area contributed by atoms with Gasteiger partial charge in [0.05, 0.1) is 5.52 Å². The van der Waals surface area contributed by atoms with Gasteiger partial charge in [-0.3, -0.25) is 0 Å². The van der Waals surface area contributed by atoms with Crippen LogP contribution in [0, 0.1) is 0 Å². The van der Waals surface area contributed by atoms with Crippen molar-refractivity contribution >= 4 is 28.6 Å². The van der Waals surface area contributed by atoms with Crippen LogP contribution in [0.4, 0.5) is 4.79 Å². The Kier molecular flexibility index (Phi) is 6.18. The van der Waals surface area contributed by atoms with Crippen molar-refractivity contribution in [3.63, 3.8) is 0 Å². The maximum atomic E-state index is 11.7. The lowest BCUT2D eigenvalue weighted by atomic mass is 10.0. The number of hydrogen-bond acceptors (Lipinski definition) is 6. The van der Waals surface area contributed by atoms with Crippen molar-refractivity contribution < 1.29 is 19.7 Å². The van der Waals surface area contributed by atoms with Gasteiger partial charge in [0.1, 0.15) is 30.3 Å². The van der Waals surface area contributed by atoms with E-state index in [1.807, 2.05) is 30.3 Å². The monoisotopic (exact) mass is 387 g/mol. The normalized spacial score (nSPS) is 13.1. The standard InChI is InChI=1S/C19H18ClN3O4/c20-18-14-7-6-13(8-15(14)22-11-23-18)17(25)16(24)9-21-19(26)27-10-12-4-2-1-3-5-12/h1-8,11,16-17,24-25H,9-10H2,(H,21,26). The first-order chi connectivity index (χ1) is 13.0. The van der Waals surface area contributed by atoms with Crippen LogP contribution >= 0.6 is 11.6 Å². The molecule has 3 rings (SSSR count). The van der Waals surface area contributed by atoms with Gasteiger partial charge in [-0.15, -0.1) is 0 Å². The van der Waals surface area contributed by atoms with E-state index >= 15 is 0 Å². The summed E-state index contributed by atoms with van der Waals surface area (Å²) >= 11 is 5.99. The van der Waals surface area contributed by atoms with Gasteiger partial charge < -0.3 is 20.3 Å². The van der Waals surface area contributed by atoms with Gasteiger partial charge in [0.15, 0.2) is 0 Å².